The second-order valence-electron chi connectivity index (χ2n) is 10.6. The van der Waals surface area contributed by atoms with Crippen molar-refractivity contribution < 1.29 is 17.6 Å². The molecule has 3 aliphatic rings. The Labute approximate surface area is 203 Å². The SMILES string of the molecule is CC1Cc2c([nH]c3ccccc23)CN1CC(C)(F)F.Fc1cc(F)cc(N2CCC3(CNC3)C2)c1. The molecule has 8 heteroatoms. The van der Waals surface area contributed by atoms with E-state index in [9.17, 15) is 17.6 Å². The molecule has 2 N–H and O–H groups in total. The van der Waals surface area contributed by atoms with Crippen LogP contribution in [0.5, 0.6) is 0 Å². The average Bonchev–Trinajstić information content (AvgIpc) is 3.35. The molecule has 0 aliphatic carbocycles. The Bertz CT molecular complexity index is 1180. The number of halogens is 4. The molecule has 2 saturated heterocycles. The first-order valence-electron chi connectivity index (χ1n) is 12.2. The molecule has 3 aliphatic heterocycles. The van der Waals surface area contributed by atoms with E-state index < -0.39 is 17.6 Å². The van der Waals surface area contributed by atoms with Crippen LogP contribution in [0.2, 0.25) is 0 Å². The molecule has 188 valence electrons. The largest absolute Gasteiger partial charge is 0.371 e. The van der Waals surface area contributed by atoms with Crippen LogP contribution in [0.3, 0.4) is 0 Å². The fourth-order valence-corrected chi connectivity index (χ4v) is 5.62. The number of anilines is 1. The Balaban J connectivity index is 0.000000147. The monoisotopic (exact) mass is 488 g/mol. The van der Waals surface area contributed by atoms with Gasteiger partial charge in [0.1, 0.15) is 11.6 Å². The van der Waals surface area contributed by atoms with Crippen molar-refractivity contribution in [2.45, 2.75) is 45.2 Å². The van der Waals surface area contributed by atoms with Crippen LogP contribution in [0.4, 0.5) is 23.2 Å². The third-order valence-electron chi connectivity index (χ3n) is 7.52. The lowest BCUT2D eigenvalue weighted by atomic mass is 9.81. The Hall–Kier alpha value is -2.58. The van der Waals surface area contributed by atoms with E-state index in [1.54, 1.807) is 0 Å². The minimum atomic E-state index is -2.64. The van der Waals surface area contributed by atoms with E-state index in [2.05, 4.69) is 21.3 Å². The predicted molar refractivity (Wildman–Crippen MR) is 131 cm³/mol. The molecule has 6 rings (SSSR count). The van der Waals surface area contributed by atoms with Gasteiger partial charge in [-0.25, -0.2) is 17.6 Å². The van der Waals surface area contributed by atoms with E-state index in [4.69, 9.17) is 0 Å². The van der Waals surface area contributed by atoms with Gasteiger partial charge in [0.05, 0.1) is 6.54 Å². The quantitative estimate of drug-likeness (QED) is 0.489. The van der Waals surface area contributed by atoms with Crippen molar-refractivity contribution in [3.8, 4) is 0 Å². The molecule has 0 amide bonds. The van der Waals surface area contributed by atoms with Gasteiger partial charge in [0.25, 0.3) is 5.92 Å². The number of aromatic nitrogens is 1. The van der Waals surface area contributed by atoms with Crippen molar-refractivity contribution in [3.63, 3.8) is 0 Å². The number of rotatable bonds is 3. The number of hydrogen-bond donors (Lipinski definition) is 2. The minimum absolute atomic E-state index is 0.150. The molecule has 1 unspecified atom stereocenters. The maximum atomic E-state index is 13.2. The minimum Gasteiger partial charge on any atom is -0.371 e. The molecular weight excluding hydrogens is 456 g/mol. The number of aromatic amines is 1. The van der Waals surface area contributed by atoms with Gasteiger partial charge in [0, 0.05) is 79.5 Å². The highest BCUT2D eigenvalue weighted by Crippen LogP contribution is 2.37. The Kier molecular flexibility index (Phi) is 6.30. The van der Waals surface area contributed by atoms with Crippen molar-refractivity contribution >= 4 is 16.6 Å². The van der Waals surface area contributed by atoms with E-state index in [-0.39, 0.29) is 12.6 Å². The predicted octanol–water partition coefficient (Wildman–Crippen LogP) is 5.33. The molecule has 2 fully saturated rings. The van der Waals surface area contributed by atoms with Crippen LogP contribution in [0.15, 0.2) is 42.5 Å². The topological polar surface area (TPSA) is 34.3 Å². The summed E-state index contributed by atoms with van der Waals surface area (Å²) >= 11 is 0. The van der Waals surface area contributed by atoms with Crippen LogP contribution in [0.1, 0.15) is 31.5 Å². The van der Waals surface area contributed by atoms with Gasteiger partial charge in [-0.15, -0.1) is 0 Å². The summed E-state index contributed by atoms with van der Waals surface area (Å²) < 4.78 is 52.6. The Morgan fingerprint density at radius 2 is 1.80 bits per heavy atom. The molecule has 4 heterocycles. The number of nitrogens with zero attached hydrogens (tertiary/aromatic N) is 2. The van der Waals surface area contributed by atoms with E-state index >= 15 is 0 Å². The maximum Gasteiger partial charge on any atom is 0.257 e. The number of alkyl halides is 2. The first-order valence-corrected chi connectivity index (χ1v) is 12.2. The molecule has 1 aromatic heterocycles. The summed E-state index contributed by atoms with van der Waals surface area (Å²) in [5.41, 5.74) is 4.50. The van der Waals surface area contributed by atoms with E-state index in [1.165, 1.54) is 23.1 Å². The standard InChI is InChI=1S/C15H18F2N2.C12H14F2N2/c1-10-7-12-11-5-3-4-6-13(11)18-14(12)8-19(10)9-15(2,16)17;13-9-3-10(14)5-11(4-9)16-2-1-12(8-16)6-15-7-12/h3-6,10,18H,7-9H2,1-2H3;3-5,15H,1-2,6-8H2. The molecule has 3 aromatic rings. The molecule has 2 aromatic carbocycles. The summed E-state index contributed by atoms with van der Waals surface area (Å²) in [5, 5.41) is 4.49. The fraction of sp³-hybridized carbons (Fsp3) is 0.481. The summed E-state index contributed by atoms with van der Waals surface area (Å²) in [6.07, 6.45) is 1.94. The molecule has 1 spiro atoms. The molecule has 4 nitrogen and oxygen atoms in total. The number of nitrogens with one attached hydrogen (secondary N) is 2. The Morgan fingerprint density at radius 1 is 1.09 bits per heavy atom. The number of hydrogen-bond acceptors (Lipinski definition) is 3. The molecule has 0 saturated carbocycles. The van der Waals surface area contributed by atoms with Gasteiger partial charge in [-0.2, -0.15) is 0 Å². The van der Waals surface area contributed by atoms with Crippen LogP contribution in [0, 0.1) is 17.0 Å². The lowest BCUT2D eigenvalue weighted by molar-refractivity contribution is -0.0293. The second-order valence-corrected chi connectivity index (χ2v) is 10.6. The van der Waals surface area contributed by atoms with Crippen LogP contribution in [0.25, 0.3) is 10.9 Å². The van der Waals surface area contributed by atoms with Crippen molar-refractivity contribution in [2.24, 2.45) is 5.41 Å². The lowest BCUT2D eigenvalue weighted by Gasteiger charge is -2.39. The first-order chi connectivity index (χ1) is 16.6. The molecule has 35 heavy (non-hydrogen) atoms. The van der Waals surface area contributed by atoms with Crippen LogP contribution in [-0.2, 0) is 13.0 Å². The van der Waals surface area contributed by atoms with Crippen molar-refractivity contribution in [2.75, 3.05) is 37.6 Å². The molecular formula is C27H32F4N4. The second kappa shape index (κ2) is 9.13. The van der Waals surface area contributed by atoms with E-state index in [0.29, 0.717) is 17.6 Å². The number of para-hydroxylation sites is 1. The van der Waals surface area contributed by atoms with Crippen molar-refractivity contribution in [1.82, 2.24) is 15.2 Å². The molecule has 1 atom stereocenters. The highest BCUT2D eigenvalue weighted by Gasteiger charge is 2.43. The lowest BCUT2D eigenvalue weighted by Crippen LogP contribution is -2.54. The smallest absolute Gasteiger partial charge is 0.257 e. The van der Waals surface area contributed by atoms with Gasteiger partial charge in [0.15, 0.2) is 0 Å². The zero-order valence-electron chi connectivity index (χ0n) is 20.2. The van der Waals surface area contributed by atoms with Crippen LogP contribution < -0.4 is 10.2 Å². The number of H-pyrrole nitrogens is 1. The third kappa shape index (κ3) is 5.19. The Morgan fingerprint density at radius 3 is 2.43 bits per heavy atom. The summed E-state index contributed by atoms with van der Waals surface area (Å²) in [6, 6.07) is 12.0. The highest BCUT2D eigenvalue weighted by molar-refractivity contribution is 5.84. The van der Waals surface area contributed by atoms with Crippen molar-refractivity contribution in [1.29, 1.82) is 0 Å². The van der Waals surface area contributed by atoms with Gasteiger partial charge < -0.3 is 15.2 Å². The van der Waals surface area contributed by atoms with Gasteiger partial charge >= 0.3 is 0 Å². The number of benzene rings is 2. The van der Waals surface area contributed by atoms with Crippen molar-refractivity contribution in [3.05, 3.63) is 65.4 Å². The zero-order valence-corrected chi connectivity index (χ0v) is 20.2. The normalized spacial score (nSPS) is 21.5. The average molecular weight is 489 g/mol. The summed E-state index contributed by atoms with van der Waals surface area (Å²) in [5.74, 6) is -3.64. The number of fused-ring (bicyclic) bond motifs is 3. The van der Waals surface area contributed by atoms with E-state index in [0.717, 1.165) is 63.2 Å². The zero-order chi connectivity index (χ0) is 24.8. The van der Waals surface area contributed by atoms with Gasteiger partial charge in [0.2, 0.25) is 0 Å². The summed E-state index contributed by atoms with van der Waals surface area (Å²) in [6.45, 7) is 7.27. The van der Waals surface area contributed by atoms with Gasteiger partial charge in [-0.1, -0.05) is 18.2 Å². The first kappa shape index (κ1) is 24.1. The molecule has 0 radical (unpaired) electrons. The third-order valence-corrected chi connectivity index (χ3v) is 7.52. The summed E-state index contributed by atoms with van der Waals surface area (Å²) in [7, 11) is 0. The highest BCUT2D eigenvalue weighted by atomic mass is 19.3. The fourth-order valence-electron chi connectivity index (χ4n) is 5.62. The van der Waals surface area contributed by atoms with Gasteiger partial charge in [-0.3, -0.25) is 4.90 Å². The van der Waals surface area contributed by atoms with E-state index in [1.807, 2.05) is 30.0 Å². The maximum absolute atomic E-state index is 13.2. The summed E-state index contributed by atoms with van der Waals surface area (Å²) in [4.78, 5) is 7.30. The van der Waals surface area contributed by atoms with Crippen LogP contribution >= 0.6 is 0 Å². The molecule has 0 bridgehead atoms. The van der Waals surface area contributed by atoms with Crippen LogP contribution in [-0.4, -0.2) is 54.6 Å². The van der Waals surface area contributed by atoms with Gasteiger partial charge in [-0.05, 0) is 43.5 Å².